The fraction of sp³-hybridized carbons (Fsp3) is 0.500. The van der Waals surface area contributed by atoms with E-state index >= 15 is 0 Å². The highest BCUT2D eigenvalue weighted by Crippen LogP contribution is 2.28. The van der Waals surface area contributed by atoms with Crippen LogP contribution in [0.3, 0.4) is 0 Å². The van der Waals surface area contributed by atoms with Crippen LogP contribution in [0.2, 0.25) is 0 Å². The topological polar surface area (TPSA) is 87.3 Å². The first-order valence-corrected chi connectivity index (χ1v) is 6.90. The van der Waals surface area contributed by atoms with E-state index in [1.165, 1.54) is 0 Å². The smallest absolute Gasteiger partial charge is 0.408 e. The van der Waals surface area contributed by atoms with Crippen LogP contribution in [0.4, 0.5) is 11.4 Å². The first kappa shape index (κ1) is 13.1. The van der Waals surface area contributed by atoms with Crippen LogP contribution in [0.5, 0.6) is 0 Å². The quantitative estimate of drug-likeness (QED) is 0.723. The van der Waals surface area contributed by atoms with E-state index in [0.717, 1.165) is 25.2 Å². The second kappa shape index (κ2) is 4.86. The highest BCUT2D eigenvalue weighted by molar-refractivity contribution is 5.85. The van der Waals surface area contributed by atoms with Gasteiger partial charge in [-0.1, -0.05) is 6.92 Å². The second-order valence-electron chi connectivity index (χ2n) is 5.73. The molecule has 3 rings (SSSR count). The molecule has 108 valence electrons. The number of benzene rings is 1. The number of likely N-dealkylation sites (tertiary alicyclic amines) is 1. The van der Waals surface area contributed by atoms with E-state index in [1.807, 2.05) is 6.07 Å². The van der Waals surface area contributed by atoms with Gasteiger partial charge in [0.05, 0.1) is 16.9 Å². The second-order valence-corrected chi connectivity index (χ2v) is 5.73. The molecule has 6 heteroatoms. The highest BCUT2D eigenvalue weighted by atomic mass is 16.4. The van der Waals surface area contributed by atoms with E-state index in [2.05, 4.69) is 29.2 Å². The van der Waals surface area contributed by atoms with Gasteiger partial charge in [0.15, 0.2) is 5.58 Å². The Balaban J connectivity index is 1.86. The van der Waals surface area contributed by atoms with E-state index < -0.39 is 5.76 Å². The minimum atomic E-state index is -0.454. The van der Waals surface area contributed by atoms with Crippen molar-refractivity contribution in [3.63, 3.8) is 0 Å². The summed E-state index contributed by atoms with van der Waals surface area (Å²) in [7, 11) is 2.14. The zero-order valence-electron chi connectivity index (χ0n) is 11.8. The average molecular weight is 276 g/mol. The normalized spacial score (nSPS) is 24.1. The van der Waals surface area contributed by atoms with Gasteiger partial charge >= 0.3 is 5.76 Å². The number of nitrogens with one attached hydrogen (secondary N) is 2. The van der Waals surface area contributed by atoms with Crippen LogP contribution in [0.1, 0.15) is 13.3 Å². The summed E-state index contributed by atoms with van der Waals surface area (Å²) in [6.45, 7) is 4.39. The number of nitrogens with zero attached hydrogens (tertiary/aromatic N) is 1. The summed E-state index contributed by atoms with van der Waals surface area (Å²) in [5.74, 6) is 0.0939. The number of nitrogen functional groups attached to an aromatic ring is 1. The molecule has 2 aromatic rings. The van der Waals surface area contributed by atoms with Gasteiger partial charge < -0.3 is 20.4 Å². The minimum absolute atomic E-state index is 0.393. The van der Waals surface area contributed by atoms with Gasteiger partial charge in [0.1, 0.15) is 0 Å². The molecule has 2 heterocycles. The summed E-state index contributed by atoms with van der Waals surface area (Å²) in [6, 6.07) is 3.93. The number of H-pyrrole nitrogens is 1. The molecule has 1 aliphatic heterocycles. The molecule has 20 heavy (non-hydrogen) atoms. The zero-order chi connectivity index (χ0) is 14.3. The molecular formula is C14H20N4O2. The molecule has 2 atom stereocenters. The van der Waals surface area contributed by atoms with Crippen molar-refractivity contribution in [2.75, 3.05) is 31.2 Å². The molecule has 4 N–H and O–H groups in total. The number of aromatic amines is 1. The Morgan fingerprint density at radius 1 is 1.50 bits per heavy atom. The molecular weight excluding hydrogens is 256 g/mol. The molecule has 1 fully saturated rings. The Kier molecular flexibility index (Phi) is 3.17. The van der Waals surface area contributed by atoms with Gasteiger partial charge in [0.2, 0.25) is 0 Å². The number of fused-ring (bicyclic) bond motifs is 1. The van der Waals surface area contributed by atoms with Crippen LogP contribution >= 0.6 is 0 Å². The number of piperidine rings is 1. The standard InChI is InChI=1S/C14H20N4O2/c1-8-7-18(2)4-3-10(8)16-11-6-12-13(5-9(11)15)20-14(19)17-12/h5-6,8,10,16H,3-4,7,15H2,1-2H3,(H,17,19). The number of nitrogens with two attached hydrogens (primary N) is 1. The maximum atomic E-state index is 11.2. The predicted octanol–water partition coefficient (Wildman–Crippen LogP) is 1.46. The Morgan fingerprint density at radius 3 is 3.05 bits per heavy atom. The minimum Gasteiger partial charge on any atom is -0.408 e. The van der Waals surface area contributed by atoms with Crippen molar-refractivity contribution in [2.24, 2.45) is 5.92 Å². The van der Waals surface area contributed by atoms with Crippen LogP contribution in [-0.2, 0) is 0 Å². The van der Waals surface area contributed by atoms with Gasteiger partial charge in [-0.3, -0.25) is 4.98 Å². The van der Waals surface area contributed by atoms with Crippen molar-refractivity contribution in [3.8, 4) is 0 Å². The molecule has 6 nitrogen and oxygen atoms in total. The van der Waals surface area contributed by atoms with Gasteiger partial charge in [-0.15, -0.1) is 0 Å². The number of aromatic nitrogens is 1. The van der Waals surface area contributed by atoms with Crippen molar-refractivity contribution >= 4 is 22.5 Å². The summed E-state index contributed by atoms with van der Waals surface area (Å²) in [5, 5.41) is 3.51. The zero-order valence-corrected chi connectivity index (χ0v) is 11.8. The molecule has 1 aromatic carbocycles. The first-order chi connectivity index (χ1) is 9.52. The number of hydrogen-bond donors (Lipinski definition) is 3. The fourth-order valence-electron chi connectivity index (χ4n) is 2.91. The van der Waals surface area contributed by atoms with Crippen LogP contribution in [0.15, 0.2) is 21.3 Å². The Bertz CT molecular complexity index is 675. The lowest BCUT2D eigenvalue weighted by Crippen LogP contribution is -2.43. The van der Waals surface area contributed by atoms with Gasteiger partial charge in [0.25, 0.3) is 0 Å². The number of rotatable bonds is 2. The third-order valence-electron chi connectivity index (χ3n) is 4.04. The molecule has 0 radical (unpaired) electrons. The summed E-state index contributed by atoms with van der Waals surface area (Å²) in [5.41, 5.74) is 8.67. The first-order valence-electron chi connectivity index (χ1n) is 6.90. The number of anilines is 2. The van der Waals surface area contributed by atoms with Crippen molar-refractivity contribution in [1.82, 2.24) is 9.88 Å². The van der Waals surface area contributed by atoms with Gasteiger partial charge in [-0.25, -0.2) is 4.79 Å². The summed E-state index contributed by atoms with van der Waals surface area (Å²) < 4.78 is 5.00. The van der Waals surface area contributed by atoms with E-state index in [9.17, 15) is 4.79 Å². The molecule has 0 amide bonds. The fourth-order valence-corrected chi connectivity index (χ4v) is 2.91. The Labute approximate surface area is 116 Å². The van der Waals surface area contributed by atoms with Crippen molar-refractivity contribution < 1.29 is 4.42 Å². The van der Waals surface area contributed by atoms with Crippen LogP contribution in [-0.4, -0.2) is 36.1 Å². The SMILES string of the molecule is CC1CN(C)CCC1Nc1cc2[nH]c(=O)oc2cc1N. The monoisotopic (exact) mass is 276 g/mol. The van der Waals surface area contributed by atoms with Crippen molar-refractivity contribution in [3.05, 3.63) is 22.7 Å². The lowest BCUT2D eigenvalue weighted by Gasteiger charge is -2.36. The maximum Gasteiger partial charge on any atom is 0.417 e. The van der Waals surface area contributed by atoms with E-state index in [0.29, 0.717) is 28.7 Å². The molecule has 1 aliphatic rings. The van der Waals surface area contributed by atoms with Gasteiger partial charge in [-0.05, 0) is 32.0 Å². The summed E-state index contributed by atoms with van der Waals surface area (Å²) in [6.07, 6.45) is 1.08. The lowest BCUT2D eigenvalue weighted by atomic mass is 9.94. The largest absolute Gasteiger partial charge is 0.417 e. The average Bonchev–Trinajstić information content (AvgIpc) is 2.72. The molecule has 0 bridgehead atoms. The predicted molar refractivity (Wildman–Crippen MR) is 79.9 cm³/mol. The van der Waals surface area contributed by atoms with Gasteiger partial charge in [0, 0.05) is 18.7 Å². The molecule has 1 aromatic heterocycles. The molecule has 1 saturated heterocycles. The third-order valence-corrected chi connectivity index (χ3v) is 4.04. The Morgan fingerprint density at radius 2 is 2.30 bits per heavy atom. The third kappa shape index (κ3) is 2.38. The van der Waals surface area contributed by atoms with Crippen LogP contribution < -0.4 is 16.8 Å². The maximum absolute atomic E-state index is 11.2. The number of hydrogen-bond acceptors (Lipinski definition) is 5. The van der Waals surface area contributed by atoms with Gasteiger partial charge in [-0.2, -0.15) is 0 Å². The Hall–Kier alpha value is -1.95. The molecule has 0 spiro atoms. The van der Waals surface area contributed by atoms with Crippen LogP contribution in [0, 0.1) is 5.92 Å². The number of oxazole rings is 1. The molecule has 0 saturated carbocycles. The lowest BCUT2D eigenvalue weighted by molar-refractivity contribution is 0.206. The van der Waals surface area contributed by atoms with E-state index in [4.69, 9.17) is 10.2 Å². The molecule has 0 aliphatic carbocycles. The van der Waals surface area contributed by atoms with Crippen molar-refractivity contribution in [2.45, 2.75) is 19.4 Å². The van der Waals surface area contributed by atoms with E-state index in [1.54, 1.807) is 6.07 Å². The van der Waals surface area contributed by atoms with Crippen LogP contribution in [0.25, 0.3) is 11.1 Å². The highest BCUT2D eigenvalue weighted by Gasteiger charge is 2.24. The summed E-state index contributed by atoms with van der Waals surface area (Å²) >= 11 is 0. The van der Waals surface area contributed by atoms with E-state index in [-0.39, 0.29) is 0 Å². The molecule has 2 unspecified atom stereocenters. The van der Waals surface area contributed by atoms with Crippen molar-refractivity contribution in [1.29, 1.82) is 0 Å². The summed E-state index contributed by atoms with van der Waals surface area (Å²) in [4.78, 5) is 16.2.